The third-order valence-corrected chi connectivity index (χ3v) is 2.20. The normalized spacial score (nSPS) is 10.2. The largest absolute Gasteiger partial charge is 0.464 e. The molecule has 21 heavy (non-hydrogen) atoms. The Hall–Kier alpha value is -3.04. The van der Waals surface area contributed by atoms with E-state index >= 15 is 0 Å². The molecule has 110 valence electrons. The molecule has 0 aliphatic rings. The Bertz CT molecular complexity index is 682. The molecule has 10 heteroatoms. The van der Waals surface area contributed by atoms with Crippen molar-refractivity contribution in [1.82, 2.24) is 15.0 Å². The van der Waals surface area contributed by atoms with Crippen LogP contribution in [0.3, 0.4) is 0 Å². The molecule has 1 aromatic heterocycles. The Balaban J connectivity index is 2.37. The lowest BCUT2D eigenvalue weighted by Crippen LogP contribution is -2.05. The number of anilines is 1. The van der Waals surface area contributed by atoms with E-state index in [-0.39, 0.29) is 30.3 Å². The van der Waals surface area contributed by atoms with E-state index < -0.39 is 16.4 Å². The van der Waals surface area contributed by atoms with Crippen molar-refractivity contribution in [2.45, 2.75) is 6.92 Å². The molecular formula is C11H10FN5O4. The molecule has 0 atom stereocenters. The van der Waals surface area contributed by atoms with Crippen molar-refractivity contribution in [2.24, 2.45) is 0 Å². The summed E-state index contributed by atoms with van der Waals surface area (Å²) in [5, 5.41) is 10.9. The van der Waals surface area contributed by atoms with E-state index in [0.29, 0.717) is 0 Å². The fourth-order valence-electron chi connectivity index (χ4n) is 1.41. The van der Waals surface area contributed by atoms with Crippen molar-refractivity contribution in [3.63, 3.8) is 0 Å². The zero-order valence-corrected chi connectivity index (χ0v) is 10.8. The molecule has 0 aliphatic carbocycles. The average molecular weight is 295 g/mol. The minimum Gasteiger partial charge on any atom is -0.464 e. The second-order valence-corrected chi connectivity index (χ2v) is 3.66. The summed E-state index contributed by atoms with van der Waals surface area (Å²) < 4.78 is 23.3. The number of nitro groups is 1. The first-order valence-electron chi connectivity index (χ1n) is 5.75. The molecule has 2 N–H and O–H groups in total. The molecule has 0 radical (unpaired) electrons. The Morgan fingerprint density at radius 1 is 1.33 bits per heavy atom. The highest BCUT2D eigenvalue weighted by Crippen LogP contribution is 2.30. The van der Waals surface area contributed by atoms with Gasteiger partial charge in [-0.3, -0.25) is 10.1 Å². The van der Waals surface area contributed by atoms with E-state index in [1.807, 2.05) is 0 Å². The van der Waals surface area contributed by atoms with Gasteiger partial charge >= 0.3 is 17.7 Å². The van der Waals surface area contributed by atoms with Crippen LogP contribution in [0.4, 0.5) is 16.0 Å². The van der Waals surface area contributed by atoms with E-state index in [2.05, 4.69) is 15.0 Å². The van der Waals surface area contributed by atoms with Crippen molar-refractivity contribution < 1.29 is 18.8 Å². The molecule has 9 nitrogen and oxygen atoms in total. The van der Waals surface area contributed by atoms with Crippen molar-refractivity contribution in [2.75, 3.05) is 12.3 Å². The number of ether oxygens (including phenoxy) is 2. The SMILES string of the molecule is CCOc1nc(N)nc(Oc2cc(F)ccc2[N+](=O)[O-])n1. The highest BCUT2D eigenvalue weighted by Gasteiger charge is 2.18. The number of halogens is 1. The van der Waals surface area contributed by atoms with Gasteiger partial charge in [-0.1, -0.05) is 0 Å². The fourth-order valence-corrected chi connectivity index (χ4v) is 1.41. The van der Waals surface area contributed by atoms with Gasteiger partial charge in [0.15, 0.2) is 0 Å². The molecule has 1 aromatic carbocycles. The van der Waals surface area contributed by atoms with Crippen LogP contribution in [-0.2, 0) is 0 Å². The molecule has 0 bridgehead atoms. The summed E-state index contributed by atoms with van der Waals surface area (Å²) in [6, 6.07) is 2.33. The van der Waals surface area contributed by atoms with Crippen LogP contribution in [0.5, 0.6) is 17.8 Å². The molecule has 0 saturated heterocycles. The van der Waals surface area contributed by atoms with E-state index in [1.54, 1.807) is 6.92 Å². The van der Waals surface area contributed by atoms with Gasteiger partial charge in [-0.25, -0.2) is 4.39 Å². The Kier molecular flexibility index (Phi) is 4.07. The zero-order chi connectivity index (χ0) is 15.4. The minimum atomic E-state index is -0.719. The molecule has 0 unspecified atom stereocenters. The predicted octanol–water partition coefficient (Wildman–Crippen LogP) is 1.69. The fraction of sp³-hybridized carbons (Fsp3) is 0.182. The lowest BCUT2D eigenvalue weighted by molar-refractivity contribution is -0.385. The maximum atomic E-state index is 13.2. The first kappa shape index (κ1) is 14.4. The van der Waals surface area contributed by atoms with Crippen LogP contribution in [0, 0.1) is 15.9 Å². The van der Waals surface area contributed by atoms with Crippen molar-refractivity contribution in [3.05, 3.63) is 34.1 Å². The van der Waals surface area contributed by atoms with Crippen LogP contribution < -0.4 is 15.2 Å². The first-order chi connectivity index (χ1) is 9.99. The Morgan fingerprint density at radius 3 is 2.71 bits per heavy atom. The van der Waals surface area contributed by atoms with Gasteiger partial charge in [0.05, 0.1) is 11.5 Å². The summed E-state index contributed by atoms with van der Waals surface area (Å²) >= 11 is 0. The highest BCUT2D eigenvalue weighted by atomic mass is 19.1. The van der Waals surface area contributed by atoms with Gasteiger partial charge in [0.1, 0.15) is 5.82 Å². The van der Waals surface area contributed by atoms with Crippen LogP contribution in [0.2, 0.25) is 0 Å². The number of nitrogens with two attached hydrogens (primary N) is 1. The van der Waals surface area contributed by atoms with E-state index in [1.165, 1.54) is 0 Å². The Morgan fingerprint density at radius 2 is 2.05 bits per heavy atom. The van der Waals surface area contributed by atoms with Crippen LogP contribution in [0.1, 0.15) is 6.92 Å². The summed E-state index contributed by atoms with van der Waals surface area (Å²) in [5.74, 6) is -1.25. The number of aromatic nitrogens is 3. The molecular weight excluding hydrogens is 285 g/mol. The first-order valence-corrected chi connectivity index (χ1v) is 5.75. The van der Waals surface area contributed by atoms with Gasteiger partial charge in [0.2, 0.25) is 11.7 Å². The van der Waals surface area contributed by atoms with Crippen LogP contribution >= 0.6 is 0 Å². The van der Waals surface area contributed by atoms with E-state index in [4.69, 9.17) is 15.2 Å². The van der Waals surface area contributed by atoms with Crippen LogP contribution in [-0.4, -0.2) is 26.5 Å². The van der Waals surface area contributed by atoms with Gasteiger partial charge in [-0.2, -0.15) is 9.97 Å². The summed E-state index contributed by atoms with van der Waals surface area (Å²) in [6.07, 6.45) is 0. The highest BCUT2D eigenvalue weighted by molar-refractivity contribution is 5.47. The minimum absolute atomic E-state index is 0.0981. The number of nitrogen functional groups attached to an aromatic ring is 1. The average Bonchev–Trinajstić information content (AvgIpc) is 2.38. The maximum absolute atomic E-state index is 13.2. The lowest BCUT2D eigenvalue weighted by Gasteiger charge is -2.06. The second-order valence-electron chi connectivity index (χ2n) is 3.66. The summed E-state index contributed by atoms with van der Waals surface area (Å²) in [7, 11) is 0. The monoisotopic (exact) mass is 295 g/mol. The van der Waals surface area contributed by atoms with Crippen molar-refractivity contribution >= 4 is 11.6 Å². The van der Waals surface area contributed by atoms with Gasteiger partial charge in [0.25, 0.3) is 0 Å². The third kappa shape index (κ3) is 3.49. The van der Waals surface area contributed by atoms with Crippen LogP contribution in [0.25, 0.3) is 0 Å². The number of hydrogen-bond acceptors (Lipinski definition) is 8. The topological polar surface area (TPSA) is 126 Å². The molecule has 0 saturated carbocycles. The van der Waals surface area contributed by atoms with Crippen molar-refractivity contribution in [1.29, 1.82) is 0 Å². The molecule has 2 aromatic rings. The maximum Gasteiger partial charge on any atom is 0.330 e. The summed E-state index contributed by atoms with van der Waals surface area (Å²) in [6.45, 7) is 1.99. The van der Waals surface area contributed by atoms with E-state index in [0.717, 1.165) is 18.2 Å². The number of nitro benzene ring substituents is 1. The van der Waals surface area contributed by atoms with Gasteiger partial charge in [-0.15, -0.1) is 4.98 Å². The third-order valence-electron chi connectivity index (χ3n) is 2.20. The zero-order valence-electron chi connectivity index (χ0n) is 10.8. The number of hydrogen-bond donors (Lipinski definition) is 1. The van der Waals surface area contributed by atoms with Crippen molar-refractivity contribution in [3.8, 4) is 17.8 Å². The molecule has 1 heterocycles. The molecule has 2 rings (SSSR count). The molecule has 0 spiro atoms. The van der Waals surface area contributed by atoms with Gasteiger partial charge < -0.3 is 15.2 Å². The quantitative estimate of drug-likeness (QED) is 0.652. The van der Waals surface area contributed by atoms with Gasteiger partial charge in [-0.05, 0) is 13.0 Å². The number of rotatable bonds is 5. The number of nitrogens with zero attached hydrogens (tertiary/aromatic N) is 4. The van der Waals surface area contributed by atoms with Gasteiger partial charge in [0, 0.05) is 12.1 Å². The van der Waals surface area contributed by atoms with E-state index in [9.17, 15) is 14.5 Å². The van der Waals surface area contributed by atoms with Crippen LogP contribution in [0.15, 0.2) is 18.2 Å². The predicted molar refractivity (Wildman–Crippen MR) is 68.5 cm³/mol. The standard InChI is InChI=1S/C11H10FN5O4/c1-2-20-10-14-9(13)15-11(16-10)21-8-5-6(12)3-4-7(8)17(18)19/h3-5H,2H2,1H3,(H2,13,14,15,16). The smallest absolute Gasteiger partial charge is 0.330 e. The summed E-state index contributed by atoms with van der Waals surface area (Å²) in [5.41, 5.74) is 5.00. The summed E-state index contributed by atoms with van der Waals surface area (Å²) in [4.78, 5) is 21.2. The number of benzene rings is 1. The lowest BCUT2D eigenvalue weighted by atomic mass is 10.3. The molecule has 0 fully saturated rings. The second kappa shape index (κ2) is 5.94. The Labute approximate surface area is 117 Å². The molecule has 0 aliphatic heterocycles. The molecule has 0 amide bonds.